The van der Waals surface area contributed by atoms with Crippen LogP contribution in [0.1, 0.15) is 27.1 Å². The molecule has 2 rings (SSSR count). The summed E-state index contributed by atoms with van der Waals surface area (Å²) in [4.78, 5) is 45.0. The molecule has 2 amide bonds. The van der Waals surface area contributed by atoms with E-state index in [1.807, 2.05) is 0 Å². The summed E-state index contributed by atoms with van der Waals surface area (Å²) in [6.07, 6.45) is 0.594. The van der Waals surface area contributed by atoms with Crippen molar-refractivity contribution in [2.24, 2.45) is 0 Å². The number of benzene rings is 1. The Labute approximate surface area is 101 Å². The Morgan fingerprint density at radius 1 is 1.28 bits per heavy atom. The molecule has 1 aliphatic rings. The Hall–Kier alpha value is -2.57. The lowest BCUT2D eigenvalue weighted by molar-refractivity contribution is -0.385. The number of nitro groups is 1. The number of carbonyl (C=O) groups is 3. The molecule has 0 aromatic heterocycles. The average Bonchev–Trinajstić information content (AvgIpc) is 2.60. The number of nitrogens with zero attached hydrogens (tertiary/aromatic N) is 2. The van der Waals surface area contributed by atoms with Crippen molar-refractivity contribution in [3.8, 4) is 0 Å². The Morgan fingerprint density at radius 2 is 2.00 bits per heavy atom. The number of imide groups is 1. The van der Waals surface area contributed by atoms with E-state index in [4.69, 9.17) is 0 Å². The predicted molar refractivity (Wildman–Crippen MR) is 59.1 cm³/mol. The molecule has 0 spiro atoms. The lowest BCUT2D eigenvalue weighted by Gasteiger charge is -2.10. The van der Waals surface area contributed by atoms with E-state index in [9.17, 15) is 24.5 Å². The molecule has 18 heavy (non-hydrogen) atoms. The van der Waals surface area contributed by atoms with Crippen LogP contribution < -0.4 is 0 Å². The molecule has 92 valence electrons. The normalized spacial score (nSPS) is 13.7. The van der Waals surface area contributed by atoms with E-state index in [2.05, 4.69) is 0 Å². The average molecular weight is 248 g/mol. The smallest absolute Gasteiger partial charge is 0.282 e. The van der Waals surface area contributed by atoms with Crippen LogP contribution in [0.25, 0.3) is 0 Å². The molecule has 0 unspecified atom stereocenters. The Balaban J connectivity index is 2.48. The molecule has 1 heterocycles. The molecule has 0 fully saturated rings. The molecule has 0 radical (unpaired) electrons. The van der Waals surface area contributed by atoms with Crippen molar-refractivity contribution in [1.82, 2.24) is 4.90 Å². The number of hydrogen-bond acceptors (Lipinski definition) is 5. The van der Waals surface area contributed by atoms with E-state index in [0.29, 0.717) is 6.29 Å². The van der Waals surface area contributed by atoms with Crippen molar-refractivity contribution in [2.75, 3.05) is 6.54 Å². The fourth-order valence-corrected chi connectivity index (χ4v) is 1.85. The van der Waals surface area contributed by atoms with Gasteiger partial charge < -0.3 is 4.79 Å². The number of rotatable bonds is 4. The van der Waals surface area contributed by atoms with Crippen molar-refractivity contribution in [2.45, 2.75) is 6.42 Å². The summed E-state index contributed by atoms with van der Waals surface area (Å²) in [7, 11) is 0. The van der Waals surface area contributed by atoms with Crippen LogP contribution in [-0.2, 0) is 4.79 Å². The monoisotopic (exact) mass is 248 g/mol. The van der Waals surface area contributed by atoms with Crippen LogP contribution in [0.3, 0.4) is 0 Å². The van der Waals surface area contributed by atoms with Crippen LogP contribution in [0, 0.1) is 10.1 Å². The fourth-order valence-electron chi connectivity index (χ4n) is 1.85. The van der Waals surface area contributed by atoms with Crippen molar-refractivity contribution in [1.29, 1.82) is 0 Å². The van der Waals surface area contributed by atoms with Crippen LogP contribution in [-0.4, -0.2) is 34.5 Å². The molecule has 1 aliphatic heterocycles. The highest BCUT2D eigenvalue weighted by atomic mass is 16.6. The van der Waals surface area contributed by atoms with Gasteiger partial charge in [0.2, 0.25) is 0 Å². The van der Waals surface area contributed by atoms with Gasteiger partial charge in [0.25, 0.3) is 17.5 Å². The minimum Gasteiger partial charge on any atom is -0.303 e. The number of amides is 2. The van der Waals surface area contributed by atoms with Gasteiger partial charge in [-0.1, -0.05) is 6.07 Å². The number of hydrogen-bond donors (Lipinski definition) is 0. The van der Waals surface area contributed by atoms with Crippen molar-refractivity contribution < 1.29 is 19.3 Å². The molecule has 0 aliphatic carbocycles. The van der Waals surface area contributed by atoms with Gasteiger partial charge in [-0.05, 0) is 6.07 Å². The third-order valence-electron chi connectivity index (χ3n) is 2.64. The molecule has 0 atom stereocenters. The zero-order chi connectivity index (χ0) is 13.3. The molecule has 7 nitrogen and oxygen atoms in total. The molecule has 0 bridgehead atoms. The summed E-state index contributed by atoms with van der Waals surface area (Å²) in [5, 5.41) is 10.8. The van der Waals surface area contributed by atoms with E-state index >= 15 is 0 Å². The first-order chi connectivity index (χ1) is 8.57. The van der Waals surface area contributed by atoms with Gasteiger partial charge in [0.15, 0.2) is 0 Å². The van der Waals surface area contributed by atoms with E-state index < -0.39 is 16.7 Å². The summed E-state index contributed by atoms with van der Waals surface area (Å²) in [6.45, 7) is -0.0625. The first-order valence-corrected chi connectivity index (χ1v) is 5.15. The minimum atomic E-state index is -0.718. The van der Waals surface area contributed by atoms with E-state index in [-0.39, 0.29) is 29.8 Å². The second-order valence-electron chi connectivity index (χ2n) is 3.67. The summed E-state index contributed by atoms with van der Waals surface area (Å²) in [5.41, 5.74) is -0.571. The first-order valence-electron chi connectivity index (χ1n) is 5.15. The lowest BCUT2D eigenvalue weighted by Crippen LogP contribution is -2.30. The van der Waals surface area contributed by atoms with Gasteiger partial charge in [-0.25, -0.2) is 0 Å². The van der Waals surface area contributed by atoms with Crippen molar-refractivity contribution in [3.05, 3.63) is 39.4 Å². The first kappa shape index (κ1) is 11.9. The fraction of sp³-hybridized carbons (Fsp3) is 0.182. The van der Waals surface area contributed by atoms with Crippen LogP contribution in [0.5, 0.6) is 0 Å². The predicted octanol–water partition coefficient (Wildman–Crippen LogP) is 0.780. The summed E-state index contributed by atoms with van der Waals surface area (Å²) in [6, 6.07) is 3.89. The van der Waals surface area contributed by atoms with E-state index in [0.717, 1.165) is 4.90 Å². The summed E-state index contributed by atoms with van der Waals surface area (Å²) < 4.78 is 0. The Bertz CT molecular complexity index is 567. The van der Waals surface area contributed by atoms with Gasteiger partial charge in [0, 0.05) is 19.0 Å². The molecular formula is C11H8N2O5. The number of fused-ring (bicyclic) bond motifs is 1. The maximum Gasteiger partial charge on any atom is 0.282 e. The third-order valence-corrected chi connectivity index (χ3v) is 2.64. The number of aldehydes is 1. The molecule has 7 heteroatoms. The molecule has 1 aromatic rings. The molecule has 0 saturated carbocycles. The maximum atomic E-state index is 11.9. The number of carbonyl (C=O) groups excluding carboxylic acids is 3. The largest absolute Gasteiger partial charge is 0.303 e. The molecule has 0 saturated heterocycles. The van der Waals surface area contributed by atoms with E-state index in [1.54, 1.807) is 0 Å². The van der Waals surface area contributed by atoms with Crippen LogP contribution in [0.15, 0.2) is 18.2 Å². The zero-order valence-electron chi connectivity index (χ0n) is 9.16. The zero-order valence-corrected chi connectivity index (χ0v) is 9.16. The van der Waals surface area contributed by atoms with Gasteiger partial charge in [-0.15, -0.1) is 0 Å². The van der Waals surface area contributed by atoms with Gasteiger partial charge >= 0.3 is 0 Å². The standard InChI is InChI=1S/C11H8N2O5/c14-6-2-5-12-10(15)7-3-1-4-8(13(17)18)9(7)11(12)16/h1,3-4,6H,2,5H2. The highest BCUT2D eigenvalue weighted by molar-refractivity contribution is 6.23. The summed E-state index contributed by atoms with van der Waals surface area (Å²) in [5.74, 6) is -1.32. The lowest BCUT2D eigenvalue weighted by atomic mass is 10.1. The molecule has 1 aromatic carbocycles. The highest BCUT2D eigenvalue weighted by Crippen LogP contribution is 2.30. The van der Waals surface area contributed by atoms with Crippen molar-refractivity contribution in [3.63, 3.8) is 0 Å². The third kappa shape index (κ3) is 1.65. The second kappa shape index (κ2) is 4.36. The Kier molecular flexibility index (Phi) is 2.88. The SMILES string of the molecule is O=CCCN1C(=O)c2cccc([N+](=O)[O-])c2C1=O. The van der Waals surface area contributed by atoms with Gasteiger partial charge in [-0.3, -0.25) is 24.6 Å². The van der Waals surface area contributed by atoms with Gasteiger partial charge in [-0.2, -0.15) is 0 Å². The van der Waals surface area contributed by atoms with E-state index in [1.165, 1.54) is 18.2 Å². The molecule has 0 N–H and O–H groups in total. The van der Waals surface area contributed by atoms with Crippen LogP contribution in [0.4, 0.5) is 5.69 Å². The van der Waals surface area contributed by atoms with Crippen LogP contribution >= 0.6 is 0 Å². The Morgan fingerprint density at radius 3 is 2.61 bits per heavy atom. The second-order valence-corrected chi connectivity index (χ2v) is 3.67. The number of nitro benzene ring substituents is 1. The quantitative estimate of drug-likeness (QED) is 0.339. The van der Waals surface area contributed by atoms with Crippen LogP contribution in [0.2, 0.25) is 0 Å². The maximum absolute atomic E-state index is 11.9. The topological polar surface area (TPSA) is 97.6 Å². The van der Waals surface area contributed by atoms with Gasteiger partial charge in [0.05, 0.1) is 10.5 Å². The highest BCUT2D eigenvalue weighted by Gasteiger charge is 2.40. The van der Waals surface area contributed by atoms with Crippen molar-refractivity contribution >= 4 is 23.8 Å². The van der Waals surface area contributed by atoms with Gasteiger partial charge in [0.1, 0.15) is 11.8 Å². The summed E-state index contributed by atoms with van der Waals surface area (Å²) >= 11 is 0. The molecular weight excluding hydrogens is 240 g/mol. The minimum absolute atomic E-state index is 0.0132.